The molecule has 0 fully saturated rings. The molecule has 0 aliphatic heterocycles. The molecular weight excluding hydrogens is 276 g/mol. The second kappa shape index (κ2) is 9.75. The highest BCUT2D eigenvalue weighted by atomic mass is 14.1. The summed E-state index contributed by atoms with van der Waals surface area (Å²) in [7, 11) is 0. The molecule has 0 aliphatic rings. The highest BCUT2D eigenvalue weighted by Gasteiger charge is 2.02. The molecule has 2 aromatic rings. The summed E-state index contributed by atoms with van der Waals surface area (Å²) < 4.78 is 0. The fourth-order valence-electron chi connectivity index (χ4n) is 3.29. The zero-order valence-electron chi connectivity index (χ0n) is 15.4. The number of hydrogen-bond donors (Lipinski definition) is 0. The first kappa shape index (κ1) is 18.0. The summed E-state index contributed by atoms with van der Waals surface area (Å²) in [5.74, 6) is 0.608. The maximum Gasteiger partial charge on any atom is -0.0181 e. The molecule has 2 rings (SSSR count). The summed E-state index contributed by atoms with van der Waals surface area (Å²) >= 11 is 0. The minimum Gasteiger partial charge on any atom is -0.0654 e. The summed E-state index contributed by atoms with van der Waals surface area (Å²) in [4.78, 5) is 0. The van der Waals surface area contributed by atoms with Gasteiger partial charge in [0.15, 0.2) is 0 Å². The van der Waals surface area contributed by atoms with E-state index in [2.05, 4.69) is 57.2 Å². The fourth-order valence-corrected chi connectivity index (χ4v) is 3.29. The monoisotopic (exact) mass is 310 g/mol. The minimum absolute atomic E-state index is 0.608. The first-order valence-electron chi connectivity index (χ1n) is 9.73. The Morgan fingerprint density at radius 1 is 0.696 bits per heavy atom. The van der Waals surface area contributed by atoms with E-state index in [9.17, 15) is 0 Å². The predicted octanol–water partition coefficient (Wildman–Crippen LogP) is 7.65. The van der Waals surface area contributed by atoms with Crippen LogP contribution in [0, 0.1) is 0 Å². The van der Waals surface area contributed by atoms with E-state index in [0.29, 0.717) is 5.92 Å². The molecule has 0 saturated heterocycles. The van der Waals surface area contributed by atoms with E-state index < -0.39 is 0 Å². The second-order valence-electron chi connectivity index (χ2n) is 7.32. The van der Waals surface area contributed by atoms with E-state index >= 15 is 0 Å². The van der Waals surface area contributed by atoms with Crippen molar-refractivity contribution in [3.05, 3.63) is 47.5 Å². The average molecular weight is 311 g/mol. The number of benzene rings is 2. The summed E-state index contributed by atoms with van der Waals surface area (Å²) in [6, 6.07) is 13.9. The molecule has 0 radical (unpaired) electrons. The molecular formula is C23H34. The third kappa shape index (κ3) is 6.01. The predicted molar refractivity (Wildman–Crippen MR) is 104 cm³/mol. The lowest BCUT2D eigenvalue weighted by molar-refractivity contribution is 0.575. The van der Waals surface area contributed by atoms with E-state index in [1.165, 1.54) is 79.7 Å². The molecule has 23 heavy (non-hydrogen) atoms. The molecule has 0 saturated carbocycles. The Morgan fingerprint density at radius 2 is 1.30 bits per heavy atom. The molecule has 126 valence electrons. The van der Waals surface area contributed by atoms with Crippen molar-refractivity contribution in [2.45, 2.75) is 84.5 Å². The van der Waals surface area contributed by atoms with Crippen LogP contribution in [0.4, 0.5) is 0 Å². The lowest BCUT2D eigenvalue weighted by Gasteiger charge is -2.08. The third-order valence-electron chi connectivity index (χ3n) is 4.91. The zero-order valence-corrected chi connectivity index (χ0v) is 15.4. The Labute approximate surface area is 143 Å². The summed E-state index contributed by atoms with van der Waals surface area (Å²) in [5.41, 5.74) is 2.94. The first-order chi connectivity index (χ1) is 11.2. The van der Waals surface area contributed by atoms with Gasteiger partial charge in [0.05, 0.1) is 0 Å². The standard InChI is InChI=1S/C23H34/c1-4-5-6-7-8-9-10-11-12-20-13-14-23-18-21(19(2)3)15-16-22(23)17-20/h13-19H,4-12H2,1-3H3. The van der Waals surface area contributed by atoms with Crippen molar-refractivity contribution in [2.75, 3.05) is 0 Å². The lowest BCUT2D eigenvalue weighted by Crippen LogP contribution is -1.89. The van der Waals surface area contributed by atoms with E-state index in [1.807, 2.05) is 0 Å². The maximum absolute atomic E-state index is 2.39. The van der Waals surface area contributed by atoms with Crippen molar-refractivity contribution >= 4 is 10.8 Å². The number of hydrogen-bond acceptors (Lipinski definition) is 0. The van der Waals surface area contributed by atoms with Gasteiger partial charge in [-0.25, -0.2) is 0 Å². The van der Waals surface area contributed by atoms with Crippen molar-refractivity contribution in [2.24, 2.45) is 0 Å². The van der Waals surface area contributed by atoms with Gasteiger partial charge in [0.25, 0.3) is 0 Å². The van der Waals surface area contributed by atoms with Crippen LogP contribution in [0.2, 0.25) is 0 Å². The van der Waals surface area contributed by atoms with Crippen LogP contribution in [-0.4, -0.2) is 0 Å². The van der Waals surface area contributed by atoms with Crippen LogP contribution >= 0.6 is 0 Å². The average Bonchev–Trinajstić information content (AvgIpc) is 2.56. The Morgan fingerprint density at radius 3 is 2.00 bits per heavy atom. The summed E-state index contributed by atoms with van der Waals surface area (Å²) in [6.07, 6.45) is 12.4. The highest BCUT2D eigenvalue weighted by Crippen LogP contribution is 2.23. The Balaban J connectivity index is 1.77. The van der Waals surface area contributed by atoms with Gasteiger partial charge in [-0.1, -0.05) is 102 Å². The second-order valence-corrected chi connectivity index (χ2v) is 7.32. The fraction of sp³-hybridized carbons (Fsp3) is 0.565. The molecule has 0 heterocycles. The van der Waals surface area contributed by atoms with Crippen LogP contribution in [0.25, 0.3) is 10.8 Å². The molecule has 2 aromatic carbocycles. The van der Waals surface area contributed by atoms with Gasteiger partial charge in [0, 0.05) is 0 Å². The SMILES string of the molecule is CCCCCCCCCCc1ccc2cc(C(C)C)ccc2c1. The van der Waals surface area contributed by atoms with Crippen LogP contribution in [-0.2, 0) is 6.42 Å². The molecule has 0 spiro atoms. The van der Waals surface area contributed by atoms with Crippen LogP contribution in [0.3, 0.4) is 0 Å². The Kier molecular flexibility index (Phi) is 7.65. The molecule has 0 bridgehead atoms. The van der Waals surface area contributed by atoms with E-state index in [-0.39, 0.29) is 0 Å². The van der Waals surface area contributed by atoms with Crippen molar-refractivity contribution < 1.29 is 0 Å². The Bertz CT molecular complexity index is 580. The van der Waals surface area contributed by atoms with Gasteiger partial charge in [-0.3, -0.25) is 0 Å². The smallest absolute Gasteiger partial charge is 0.0181 e. The molecule has 0 amide bonds. The van der Waals surface area contributed by atoms with E-state index in [0.717, 1.165) is 0 Å². The van der Waals surface area contributed by atoms with E-state index in [1.54, 1.807) is 0 Å². The number of unbranched alkanes of at least 4 members (excludes halogenated alkanes) is 7. The minimum atomic E-state index is 0.608. The topological polar surface area (TPSA) is 0 Å². The van der Waals surface area contributed by atoms with Crippen LogP contribution in [0.5, 0.6) is 0 Å². The van der Waals surface area contributed by atoms with Gasteiger partial charge < -0.3 is 0 Å². The van der Waals surface area contributed by atoms with Crippen LogP contribution < -0.4 is 0 Å². The van der Waals surface area contributed by atoms with Gasteiger partial charge in [-0.05, 0) is 40.7 Å². The molecule has 0 aromatic heterocycles. The number of rotatable bonds is 10. The van der Waals surface area contributed by atoms with Crippen LogP contribution in [0.15, 0.2) is 36.4 Å². The van der Waals surface area contributed by atoms with E-state index in [4.69, 9.17) is 0 Å². The number of fused-ring (bicyclic) bond motifs is 1. The number of aryl methyl sites for hydroxylation is 1. The lowest BCUT2D eigenvalue weighted by atomic mass is 9.97. The largest absolute Gasteiger partial charge is 0.0654 e. The summed E-state index contributed by atoms with van der Waals surface area (Å²) in [6.45, 7) is 6.81. The molecule has 0 N–H and O–H groups in total. The van der Waals surface area contributed by atoms with Crippen molar-refractivity contribution in [1.29, 1.82) is 0 Å². The van der Waals surface area contributed by atoms with Gasteiger partial charge in [0.2, 0.25) is 0 Å². The van der Waals surface area contributed by atoms with Gasteiger partial charge in [-0.15, -0.1) is 0 Å². The Hall–Kier alpha value is -1.30. The molecule has 0 aliphatic carbocycles. The quantitative estimate of drug-likeness (QED) is 0.395. The van der Waals surface area contributed by atoms with Gasteiger partial charge in [0.1, 0.15) is 0 Å². The molecule has 0 atom stereocenters. The molecule has 0 nitrogen and oxygen atoms in total. The summed E-state index contributed by atoms with van der Waals surface area (Å²) in [5, 5.41) is 2.78. The van der Waals surface area contributed by atoms with Gasteiger partial charge >= 0.3 is 0 Å². The molecule has 0 unspecified atom stereocenters. The van der Waals surface area contributed by atoms with Crippen molar-refractivity contribution in [3.63, 3.8) is 0 Å². The van der Waals surface area contributed by atoms with Crippen LogP contribution in [0.1, 0.15) is 89.2 Å². The van der Waals surface area contributed by atoms with Crippen molar-refractivity contribution in [3.8, 4) is 0 Å². The van der Waals surface area contributed by atoms with Gasteiger partial charge in [-0.2, -0.15) is 0 Å². The van der Waals surface area contributed by atoms with Crippen molar-refractivity contribution in [1.82, 2.24) is 0 Å². The maximum atomic E-state index is 2.39. The highest BCUT2D eigenvalue weighted by molar-refractivity contribution is 5.84. The normalized spacial score (nSPS) is 11.5. The third-order valence-corrected chi connectivity index (χ3v) is 4.91. The zero-order chi connectivity index (χ0) is 16.5. The molecule has 0 heteroatoms. The first-order valence-corrected chi connectivity index (χ1v) is 9.73.